The van der Waals surface area contributed by atoms with Crippen LogP contribution in [0.25, 0.3) is 28.2 Å². The summed E-state index contributed by atoms with van der Waals surface area (Å²) in [6.45, 7) is -0.205. The van der Waals surface area contributed by atoms with Crippen LogP contribution in [0.1, 0.15) is 0 Å². The van der Waals surface area contributed by atoms with Crippen molar-refractivity contribution < 1.29 is 4.39 Å². The number of hydrogen-bond acceptors (Lipinski definition) is 3. The molecule has 3 heterocycles. The normalized spacial score (nSPS) is 11.2. The summed E-state index contributed by atoms with van der Waals surface area (Å²) in [6, 6.07) is 11.7. The molecule has 0 aliphatic rings. The van der Waals surface area contributed by atoms with Gasteiger partial charge in [0.05, 0.1) is 36.0 Å². The van der Waals surface area contributed by atoms with Gasteiger partial charge in [-0.3, -0.25) is 0 Å². The predicted octanol–water partition coefficient (Wildman–Crippen LogP) is 3.23. The zero-order valence-electron chi connectivity index (χ0n) is 12.3. The maximum Gasteiger partial charge on any atom is 0.164 e. The van der Waals surface area contributed by atoms with Crippen LogP contribution < -0.4 is 0 Å². The van der Waals surface area contributed by atoms with Gasteiger partial charge < -0.3 is 4.57 Å². The third-order valence-corrected chi connectivity index (χ3v) is 3.74. The molecule has 0 unspecified atom stereocenters. The molecule has 114 valence electrons. The summed E-state index contributed by atoms with van der Waals surface area (Å²) >= 11 is 0. The van der Waals surface area contributed by atoms with Crippen molar-refractivity contribution in [3.63, 3.8) is 0 Å². The first-order chi connectivity index (χ1) is 11.4. The second-order valence-electron chi connectivity index (χ2n) is 5.14. The minimum absolute atomic E-state index is 0.249. The van der Waals surface area contributed by atoms with Gasteiger partial charge in [0.25, 0.3) is 0 Å². The number of aryl methyl sites for hydroxylation is 1. The quantitative estimate of drug-likeness (QED) is 0.581. The average molecular weight is 307 g/mol. The molecule has 1 aromatic carbocycles. The highest BCUT2D eigenvalue weighted by Crippen LogP contribution is 2.32. The summed E-state index contributed by atoms with van der Waals surface area (Å²) in [5.41, 5.74) is 4.19. The Balaban J connectivity index is 1.97. The fraction of sp³-hybridized carbons (Fsp3) is 0.118. The van der Waals surface area contributed by atoms with E-state index < -0.39 is 6.67 Å². The number of nitrogens with zero attached hydrogens (tertiary/aromatic N) is 5. The molecule has 3 aromatic heterocycles. The molecule has 0 atom stereocenters. The Morgan fingerprint density at radius 1 is 1.04 bits per heavy atom. The number of halogens is 1. The van der Waals surface area contributed by atoms with E-state index in [2.05, 4.69) is 15.1 Å². The summed E-state index contributed by atoms with van der Waals surface area (Å²) in [5, 5.41) is 4.33. The third kappa shape index (κ3) is 2.28. The molecule has 0 bridgehead atoms. The molecular weight excluding hydrogens is 293 g/mol. The van der Waals surface area contributed by atoms with E-state index in [1.54, 1.807) is 23.2 Å². The number of hydrogen-bond donors (Lipinski definition) is 0. The molecule has 0 N–H and O–H groups in total. The second-order valence-corrected chi connectivity index (χ2v) is 5.14. The Hall–Kier alpha value is -3.02. The summed E-state index contributed by atoms with van der Waals surface area (Å²) in [5.74, 6) is 0. The van der Waals surface area contributed by atoms with E-state index in [9.17, 15) is 4.39 Å². The van der Waals surface area contributed by atoms with Gasteiger partial charge in [-0.05, 0) is 6.07 Å². The Morgan fingerprint density at radius 3 is 2.74 bits per heavy atom. The largest absolute Gasteiger partial charge is 0.327 e. The molecule has 0 radical (unpaired) electrons. The summed E-state index contributed by atoms with van der Waals surface area (Å²) in [4.78, 5) is 8.90. The van der Waals surface area contributed by atoms with E-state index in [1.807, 2.05) is 47.2 Å². The average Bonchev–Trinajstić information content (AvgIpc) is 3.20. The highest BCUT2D eigenvalue weighted by molar-refractivity contribution is 5.85. The van der Waals surface area contributed by atoms with Gasteiger partial charge in [-0.15, -0.1) is 0 Å². The lowest BCUT2D eigenvalue weighted by Crippen LogP contribution is -2.01. The lowest BCUT2D eigenvalue weighted by Gasteiger charge is -2.07. The third-order valence-electron chi connectivity index (χ3n) is 3.74. The summed E-state index contributed by atoms with van der Waals surface area (Å²) in [6.07, 6.45) is 6.98. The van der Waals surface area contributed by atoms with Crippen LogP contribution in [0.3, 0.4) is 0 Å². The lowest BCUT2D eigenvalue weighted by atomic mass is 10.1. The van der Waals surface area contributed by atoms with E-state index >= 15 is 0 Å². The van der Waals surface area contributed by atoms with E-state index in [1.165, 1.54) is 0 Å². The fourth-order valence-electron chi connectivity index (χ4n) is 2.73. The van der Waals surface area contributed by atoms with Gasteiger partial charge in [0, 0.05) is 18.0 Å². The van der Waals surface area contributed by atoms with Crippen molar-refractivity contribution in [3.8, 4) is 22.5 Å². The Morgan fingerprint density at radius 2 is 1.91 bits per heavy atom. The number of benzene rings is 1. The predicted molar refractivity (Wildman–Crippen MR) is 85.6 cm³/mol. The number of rotatable bonds is 4. The van der Waals surface area contributed by atoms with Gasteiger partial charge in [-0.1, -0.05) is 30.3 Å². The monoisotopic (exact) mass is 307 g/mol. The summed E-state index contributed by atoms with van der Waals surface area (Å²) < 4.78 is 16.5. The second kappa shape index (κ2) is 5.64. The maximum absolute atomic E-state index is 12.9. The minimum atomic E-state index is -0.454. The molecule has 0 spiro atoms. The molecule has 0 saturated heterocycles. The molecule has 6 heteroatoms. The van der Waals surface area contributed by atoms with Crippen molar-refractivity contribution in [3.05, 3.63) is 61.3 Å². The molecule has 4 rings (SSSR count). The minimum Gasteiger partial charge on any atom is -0.327 e. The van der Waals surface area contributed by atoms with Crippen molar-refractivity contribution in [1.82, 2.24) is 24.1 Å². The molecule has 0 fully saturated rings. The Bertz CT molecular complexity index is 942. The van der Waals surface area contributed by atoms with Gasteiger partial charge in [0.15, 0.2) is 5.65 Å². The van der Waals surface area contributed by atoms with Crippen molar-refractivity contribution in [1.29, 1.82) is 0 Å². The SMILES string of the molecule is FCCn1cnc(-c2ccccc2)c1-c1cnn2cccnc12. The summed E-state index contributed by atoms with van der Waals surface area (Å²) in [7, 11) is 0. The molecule has 0 amide bonds. The molecule has 0 aliphatic carbocycles. The number of alkyl halides is 1. The van der Waals surface area contributed by atoms with E-state index in [-0.39, 0.29) is 6.54 Å². The highest BCUT2D eigenvalue weighted by atomic mass is 19.1. The van der Waals surface area contributed by atoms with E-state index in [0.29, 0.717) is 0 Å². The highest BCUT2D eigenvalue weighted by Gasteiger charge is 2.19. The van der Waals surface area contributed by atoms with Crippen molar-refractivity contribution in [2.45, 2.75) is 6.54 Å². The standard InChI is InChI=1S/C17H14FN5/c18-7-10-22-12-20-15(13-5-2-1-3-6-13)16(22)14-11-21-23-9-4-8-19-17(14)23/h1-6,8-9,11-12H,7,10H2. The molecular formula is C17H14FN5. The van der Waals surface area contributed by atoms with Crippen LogP contribution in [0.2, 0.25) is 0 Å². The smallest absolute Gasteiger partial charge is 0.164 e. The lowest BCUT2D eigenvalue weighted by molar-refractivity contribution is 0.447. The number of aromatic nitrogens is 5. The van der Waals surface area contributed by atoms with Crippen LogP contribution in [0.4, 0.5) is 4.39 Å². The zero-order chi connectivity index (χ0) is 15.6. The molecule has 0 aliphatic heterocycles. The van der Waals surface area contributed by atoms with Crippen molar-refractivity contribution >= 4 is 5.65 Å². The van der Waals surface area contributed by atoms with Gasteiger partial charge in [-0.2, -0.15) is 5.10 Å². The Labute approximate surface area is 132 Å². The van der Waals surface area contributed by atoms with Crippen LogP contribution >= 0.6 is 0 Å². The molecule has 4 aromatic rings. The van der Waals surface area contributed by atoms with Crippen LogP contribution in [-0.2, 0) is 6.54 Å². The van der Waals surface area contributed by atoms with Crippen LogP contribution in [-0.4, -0.2) is 30.8 Å². The maximum atomic E-state index is 12.9. The van der Waals surface area contributed by atoms with Gasteiger partial charge in [0.2, 0.25) is 0 Å². The molecule has 5 nitrogen and oxygen atoms in total. The van der Waals surface area contributed by atoms with Crippen molar-refractivity contribution in [2.24, 2.45) is 0 Å². The number of fused-ring (bicyclic) bond motifs is 1. The fourth-order valence-corrected chi connectivity index (χ4v) is 2.73. The van der Waals surface area contributed by atoms with Crippen LogP contribution in [0.5, 0.6) is 0 Å². The van der Waals surface area contributed by atoms with Gasteiger partial charge >= 0.3 is 0 Å². The zero-order valence-corrected chi connectivity index (χ0v) is 12.3. The van der Waals surface area contributed by atoms with E-state index in [4.69, 9.17) is 0 Å². The Kier molecular flexibility index (Phi) is 3.34. The topological polar surface area (TPSA) is 48.0 Å². The molecule has 0 saturated carbocycles. The first kappa shape index (κ1) is 13.6. The van der Waals surface area contributed by atoms with Gasteiger partial charge in [0.1, 0.15) is 6.67 Å². The first-order valence-corrected chi connectivity index (χ1v) is 7.33. The van der Waals surface area contributed by atoms with Crippen LogP contribution in [0, 0.1) is 0 Å². The first-order valence-electron chi connectivity index (χ1n) is 7.33. The van der Waals surface area contributed by atoms with E-state index in [0.717, 1.165) is 28.2 Å². The van der Waals surface area contributed by atoms with Crippen LogP contribution in [0.15, 0.2) is 61.3 Å². The van der Waals surface area contributed by atoms with Gasteiger partial charge in [-0.25, -0.2) is 18.9 Å². The van der Waals surface area contributed by atoms with Crippen molar-refractivity contribution in [2.75, 3.05) is 6.67 Å². The number of imidazole rings is 1. The molecule has 23 heavy (non-hydrogen) atoms.